The van der Waals surface area contributed by atoms with Crippen LogP contribution >= 0.6 is 11.8 Å². The van der Waals surface area contributed by atoms with Crippen LogP contribution in [-0.2, 0) is 0 Å². The molecule has 3 rings (SSSR count). The van der Waals surface area contributed by atoms with Gasteiger partial charge in [0.05, 0.1) is 11.2 Å². The minimum atomic E-state index is 0.720. The van der Waals surface area contributed by atoms with Gasteiger partial charge in [-0.2, -0.15) is 0 Å². The average molecular weight is 297 g/mol. The molecule has 0 aliphatic carbocycles. The van der Waals surface area contributed by atoms with Crippen molar-refractivity contribution in [2.24, 2.45) is 0 Å². The lowest BCUT2D eigenvalue weighted by atomic mass is 10.2. The highest BCUT2D eigenvalue weighted by Crippen LogP contribution is 2.25. The number of hydrogen-bond donors (Lipinski definition) is 2. The van der Waals surface area contributed by atoms with Crippen LogP contribution in [-0.4, -0.2) is 28.3 Å². The molecule has 2 aromatic heterocycles. The van der Waals surface area contributed by atoms with Crippen molar-refractivity contribution in [3.05, 3.63) is 42.6 Å². The maximum Gasteiger partial charge on any atom is 0.191 e. The fraction of sp³-hybridized carbons (Fsp3) is 0.133. The quantitative estimate of drug-likeness (QED) is 0.567. The molecular weight excluding hydrogens is 282 g/mol. The van der Waals surface area contributed by atoms with Gasteiger partial charge in [-0.25, -0.2) is 9.97 Å². The molecule has 0 unspecified atom stereocenters. The van der Waals surface area contributed by atoms with Crippen LogP contribution in [0.15, 0.2) is 47.8 Å². The topological polar surface area (TPSA) is 62.7 Å². The fourth-order valence-electron chi connectivity index (χ4n) is 2.05. The number of rotatable bonds is 4. The Labute approximate surface area is 127 Å². The normalized spacial score (nSPS) is 10.6. The van der Waals surface area contributed by atoms with E-state index in [4.69, 9.17) is 0 Å². The van der Waals surface area contributed by atoms with E-state index in [2.05, 4.69) is 25.6 Å². The highest BCUT2D eigenvalue weighted by molar-refractivity contribution is 7.98. The monoisotopic (exact) mass is 297 g/mol. The third kappa shape index (κ3) is 2.90. The number of para-hydroxylation sites is 1. The third-order valence-electron chi connectivity index (χ3n) is 3.04. The highest BCUT2D eigenvalue weighted by Gasteiger charge is 2.06. The van der Waals surface area contributed by atoms with Gasteiger partial charge in [0.2, 0.25) is 0 Å². The summed E-state index contributed by atoms with van der Waals surface area (Å²) < 4.78 is 0. The van der Waals surface area contributed by atoms with Gasteiger partial charge in [0.25, 0.3) is 0 Å². The van der Waals surface area contributed by atoms with E-state index in [1.807, 2.05) is 49.7 Å². The molecule has 0 spiro atoms. The predicted octanol–water partition coefficient (Wildman–Crippen LogP) is 3.53. The summed E-state index contributed by atoms with van der Waals surface area (Å²) in [6, 6.07) is 11.9. The highest BCUT2D eigenvalue weighted by atomic mass is 32.2. The molecule has 1 aromatic carbocycles. The zero-order valence-corrected chi connectivity index (χ0v) is 12.6. The summed E-state index contributed by atoms with van der Waals surface area (Å²) in [5, 5.41) is 8.19. The van der Waals surface area contributed by atoms with E-state index in [-0.39, 0.29) is 0 Å². The number of benzene rings is 1. The Morgan fingerprint density at radius 3 is 2.67 bits per heavy atom. The van der Waals surface area contributed by atoms with E-state index in [0.717, 1.165) is 33.4 Å². The Hall–Kier alpha value is -2.34. The molecular formula is C15H15N5S. The van der Waals surface area contributed by atoms with Crippen LogP contribution < -0.4 is 10.6 Å². The summed E-state index contributed by atoms with van der Waals surface area (Å²) >= 11 is 1.51. The second-order valence-corrected chi connectivity index (χ2v) is 5.15. The van der Waals surface area contributed by atoms with Crippen molar-refractivity contribution < 1.29 is 0 Å². The summed E-state index contributed by atoms with van der Waals surface area (Å²) in [5.41, 5.74) is 1.86. The van der Waals surface area contributed by atoms with Crippen LogP contribution in [0.2, 0.25) is 0 Å². The largest absolute Gasteiger partial charge is 0.373 e. The van der Waals surface area contributed by atoms with Crippen LogP contribution in [0.3, 0.4) is 0 Å². The lowest BCUT2D eigenvalue weighted by Gasteiger charge is -2.10. The minimum Gasteiger partial charge on any atom is -0.373 e. The van der Waals surface area contributed by atoms with Gasteiger partial charge < -0.3 is 10.6 Å². The van der Waals surface area contributed by atoms with Crippen molar-refractivity contribution in [1.29, 1.82) is 0 Å². The van der Waals surface area contributed by atoms with Gasteiger partial charge in [-0.3, -0.25) is 4.98 Å². The zero-order valence-electron chi connectivity index (χ0n) is 11.8. The van der Waals surface area contributed by atoms with Crippen molar-refractivity contribution in [2.45, 2.75) is 5.16 Å². The Morgan fingerprint density at radius 2 is 1.86 bits per heavy atom. The summed E-state index contributed by atoms with van der Waals surface area (Å²) in [6.45, 7) is 0. The van der Waals surface area contributed by atoms with E-state index >= 15 is 0 Å². The molecule has 3 aromatic rings. The Kier molecular flexibility index (Phi) is 3.87. The lowest BCUT2D eigenvalue weighted by molar-refractivity contribution is 0.977. The van der Waals surface area contributed by atoms with Crippen LogP contribution in [0, 0.1) is 0 Å². The number of thioether (sulfide) groups is 1. The van der Waals surface area contributed by atoms with E-state index in [1.54, 1.807) is 6.20 Å². The van der Waals surface area contributed by atoms with Crippen molar-refractivity contribution in [3.8, 4) is 0 Å². The molecule has 5 nitrogen and oxygen atoms in total. The standard InChI is InChI=1S/C15H15N5S/c1-16-12-9-13(20-15(19-12)21-2)18-11-7-3-5-10-6-4-8-17-14(10)11/h3-9H,1-2H3,(H2,16,18,19,20). The summed E-state index contributed by atoms with van der Waals surface area (Å²) in [7, 11) is 1.84. The van der Waals surface area contributed by atoms with E-state index in [9.17, 15) is 0 Å². The van der Waals surface area contributed by atoms with Crippen LogP contribution in [0.5, 0.6) is 0 Å². The van der Waals surface area contributed by atoms with Crippen LogP contribution in [0.1, 0.15) is 0 Å². The smallest absolute Gasteiger partial charge is 0.191 e. The molecule has 0 fully saturated rings. The van der Waals surface area contributed by atoms with E-state index in [0.29, 0.717) is 0 Å². The van der Waals surface area contributed by atoms with Crippen molar-refractivity contribution in [3.63, 3.8) is 0 Å². The Balaban J connectivity index is 2.02. The van der Waals surface area contributed by atoms with Crippen molar-refractivity contribution >= 4 is 40.0 Å². The molecule has 2 N–H and O–H groups in total. The molecule has 6 heteroatoms. The van der Waals surface area contributed by atoms with Gasteiger partial charge >= 0.3 is 0 Å². The Morgan fingerprint density at radius 1 is 1.05 bits per heavy atom. The first-order valence-corrected chi connectivity index (χ1v) is 7.74. The first-order valence-electron chi connectivity index (χ1n) is 6.52. The van der Waals surface area contributed by atoms with Crippen molar-refractivity contribution in [2.75, 3.05) is 23.9 Å². The summed E-state index contributed by atoms with van der Waals surface area (Å²) in [4.78, 5) is 13.3. The number of anilines is 3. The molecule has 0 saturated heterocycles. The third-order valence-corrected chi connectivity index (χ3v) is 3.59. The van der Waals surface area contributed by atoms with Gasteiger partial charge in [-0.15, -0.1) is 0 Å². The molecule has 0 aliphatic rings. The van der Waals surface area contributed by atoms with Gasteiger partial charge in [0.1, 0.15) is 11.6 Å². The number of aromatic nitrogens is 3. The molecule has 21 heavy (non-hydrogen) atoms. The molecule has 0 saturated carbocycles. The molecule has 0 atom stereocenters. The van der Waals surface area contributed by atoms with Crippen LogP contribution in [0.25, 0.3) is 10.9 Å². The first kappa shape index (κ1) is 13.6. The van der Waals surface area contributed by atoms with E-state index in [1.165, 1.54) is 11.8 Å². The maximum atomic E-state index is 4.47. The number of pyridine rings is 1. The van der Waals surface area contributed by atoms with Gasteiger partial charge in [-0.05, 0) is 18.4 Å². The number of nitrogens with zero attached hydrogens (tertiary/aromatic N) is 3. The number of fused-ring (bicyclic) bond motifs is 1. The van der Waals surface area contributed by atoms with Gasteiger partial charge in [0, 0.05) is 24.7 Å². The fourth-order valence-corrected chi connectivity index (χ4v) is 2.43. The van der Waals surface area contributed by atoms with Gasteiger partial charge in [0.15, 0.2) is 5.16 Å². The predicted molar refractivity (Wildman–Crippen MR) is 88.4 cm³/mol. The number of nitrogens with one attached hydrogen (secondary N) is 2. The minimum absolute atomic E-state index is 0.720. The lowest BCUT2D eigenvalue weighted by Crippen LogP contribution is -2.01. The summed E-state index contributed by atoms with van der Waals surface area (Å²) in [6.07, 6.45) is 3.75. The average Bonchev–Trinajstić information content (AvgIpc) is 2.55. The summed E-state index contributed by atoms with van der Waals surface area (Å²) in [5.74, 6) is 1.53. The SMILES string of the molecule is CNc1cc(Nc2cccc3cccnc23)nc(SC)n1. The molecule has 2 heterocycles. The van der Waals surface area contributed by atoms with E-state index < -0.39 is 0 Å². The molecule has 0 aliphatic heterocycles. The van der Waals surface area contributed by atoms with Crippen LogP contribution in [0.4, 0.5) is 17.3 Å². The van der Waals surface area contributed by atoms with Gasteiger partial charge in [-0.1, -0.05) is 30.0 Å². The molecule has 106 valence electrons. The number of hydrogen-bond acceptors (Lipinski definition) is 6. The second kappa shape index (κ2) is 5.97. The molecule has 0 amide bonds. The molecule has 0 bridgehead atoms. The Bertz CT molecular complexity index is 747. The maximum absolute atomic E-state index is 4.47. The van der Waals surface area contributed by atoms with Crippen molar-refractivity contribution in [1.82, 2.24) is 15.0 Å². The molecule has 0 radical (unpaired) electrons. The zero-order chi connectivity index (χ0) is 14.7. The first-order chi connectivity index (χ1) is 10.3. The second-order valence-electron chi connectivity index (χ2n) is 4.38.